The van der Waals surface area contributed by atoms with Crippen molar-refractivity contribution in [1.82, 2.24) is 0 Å². The number of nitrogens with zero attached hydrogens (tertiary/aromatic N) is 1. The highest BCUT2D eigenvalue weighted by atomic mass is 16.5. The zero-order chi connectivity index (χ0) is 15.6. The summed E-state index contributed by atoms with van der Waals surface area (Å²) in [7, 11) is 0. The molecule has 0 amide bonds. The average molecular weight is 273 g/mol. The second kappa shape index (κ2) is 5.66. The Morgan fingerprint density at radius 2 is 1.85 bits per heavy atom. The first kappa shape index (κ1) is 16.2. The fraction of sp³-hybridized carbons (Fsp3) is 0.529. The van der Waals surface area contributed by atoms with Gasteiger partial charge in [-0.3, -0.25) is 4.79 Å². The van der Waals surface area contributed by atoms with Gasteiger partial charge in [-0.2, -0.15) is 5.26 Å². The van der Waals surface area contributed by atoms with Gasteiger partial charge in [0, 0.05) is 6.92 Å². The molecule has 1 aromatic rings. The van der Waals surface area contributed by atoms with E-state index in [-0.39, 0.29) is 10.8 Å². The van der Waals surface area contributed by atoms with Crippen LogP contribution >= 0.6 is 0 Å². The van der Waals surface area contributed by atoms with Gasteiger partial charge in [0.1, 0.15) is 11.8 Å². The highest BCUT2D eigenvalue weighted by Crippen LogP contribution is 2.37. The van der Waals surface area contributed by atoms with Crippen molar-refractivity contribution in [2.75, 3.05) is 0 Å². The van der Waals surface area contributed by atoms with Crippen molar-refractivity contribution in [2.45, 2.75) is 53.4 Å². The van der Waals surface area contributed by atoms with E-state index in [4.69, 9.17) is 4.74 Å². The molecule has 0 spiro atoms. The van der Waals surface area contributed by atoms with Gasteiger partial charge >= 0.3 is 5.97 Å². The number of hydrogen-bond acceptors (Lipinski definition) is 3. The highest BCUT2D eigenvalue weighted by Gasteiger charge is 2.28. The monoisotopic (exact) mass is 273 g/mol. The Morgan fingerprint density at radius 3 is 2.30 bits per heavy atom. The minimum absolute atomic E-state index is 0.0431. The van der Waals surface area contributed by atoms with Crippen LogP contribution in [0.15, 0.2) is 18.2 Å². The van der Waals surface area contributed by atoms with Crippen LogP contribution in [0.5, 0.6) is 5.75 Å². The van der Waals surface area contributed by atoms with Crippen LogP contribution < -0.4 is 4.74 Å². The molecule has 20 heavy (non-hydrogen) atoms. The Labute approximate surface area is 121 Å². The quantitative estimate of drug-likeness (QED) is 0.612. The highest BCUT2D eigenvalue weighted by molar-refractivity contribution is 5.70. The SMILES string of the molecule is CC(=O)Oc1ccc(C(C)(C)CC(C)(C)C)cc1C#N. The lowest BCUT2D eigenvalue weighted by molar-refractivity contribution is -0.131. The van der Waals surface area contributed by atoms with Crippen molar-refractivity contribution in [2.24, 2.45) is 5.41 Å². The Balaban J connectivity index is 3.16. The largest absolute Gasteiger partial charge is 0.425 e. The third-order valence-corrected chi connectivity index (χ3v) is 3.11. The molecule has 0 aliphatic heterocycles. The summed E-state index contributed by atoms with van der Waals surface area (Å²) < 4.78 is 5.04. The lowest BCUT2D eigenvalue weighted by Gasteiger charge is -2.33. The molecule has 0 aliphatic rings. The Morgan fingerprint density at radius 1 is 1.25 bits per heavy atom. The van der Waals surface area contributed by atoms with Crippen LogP contribution in [-0.2, 0) is 10.2 Å². The molecule has 0 atom stereocenters. The van der Waals surface area contributed by atoms with Crippen LogP contribution in [0.25, 0.3) is 0 Å². The summed E-state index contributed by atoms with van der Waals surface area (Å²) in [6.07, 6.45) is 0.998. The van der Waals surface area contributed by atoms with E-state index in [2.05, 4.69) is 40.7 Å². The predicted octanol–water partition coefficient (Wildman–Crippen LogP) is 4.20. The lowest BCUT2D eigenvalue weighted by Crippen LogP contribution is -2.25. The lowest BCUT2D eigenvalue weighted by atomic mass is 9.72. The van der Waals surface area contributed by atoms with E-state index in [0.29, 0.717) is 11.3 Å². The van der Waals surface area contributed by atoms with Crippen LogP contribution in [0.4, 0.5) is 0 Å². The van der Waals surface area contributed by atoms with Gasteiger partial charge in [0.25, 0.3) is 0 Å². The van der Waals surface area contributed by atoms with Crippen molar-refractivity contribution in [1.29, 1.82) is 5.26 Å². The van der Waals surface area contributed by atoms with Crippen LogP contribution in [0.3, 0.4) is 0 Å². The van der Waals surface area contributed by atoms with E-state index in [1.807, 2.05) is 12.1 Å². The van der Waals surface area contributed by atoms with Crippen LogP contribution in [0.2, 0.25) is 0 Å². The zero-order valence-corrected chi connectivity index (χ0v) is 13.2. The number of ether oxygens (including phenoxy) is 1. The fourth-order valence-corrected chi connectivity index (χ4v) is 2.71. The van der Waals surface area contributed by atoms with Gasteiger partial charge in [0.15, 0.2) is 0 Å². The molecule has 0 bridgehead atoms. The summed E-state index contributed by atoms with van der Waals surface area (Å²) in [6.45, 7) is 12.3. The molecular weight excluding hydrogens is 250 g/mol. The van der Waals surface area contributed by atoms with Gasteiger partial charge in [-0.15, -0.1) is 0 Å². The fourth-order valence-electron chi connectivity index (χ4n) is 2.71. The molecule has 0 heterocycles. The number of esters is 1. The molecule has 108 valence electrons. The number of hydrogen-bond donors (Lipinski definition) is 0. The van der Waals surface area contributed by atoms with Gasteiger partial charge < -0.3 is 4.74 Å². The van der Waals surface area contributed by atoms with Gasteiger partial charge in [-0.25, -0.2) is 0 Å². The molecule has 3 nitrogen and oxygen atoms in total. The van der Waals surface area contributed by atoms with Gasteiger partial charge in [-0.1, -0.05) is 40.7 Å². The smallest absolute Gasteiger partial charge is 0.308 e. The van der Waals surface area contributed by atoms with Gasteiger partial charge in [0.05, 0.1) is 5.56 Å². The molecule has 0 aliphatic carbocycles. The summed E-state index contributed by atoms with van der Waals surface area (Å²) in [5.74, 6) is -0.0847. The third-order valence-electron chi connectivity index (χ3n) is 3.11. The van der Waals surface area contributed by atoms with Crippen LogP contribution in [-0.4, -0.2) is 5.97 Å². The molecule has 1 aromatic carbocycles. The van der Waals surface area contributed by atoms with Crippen molar-refractivity contribution < 1.29 is 9.53 Å². The summed E-state index contributed by atoms with van der Waals surface area (Å²) in [5.41, 5.74) is 1.64. The van der Waals surface area contributed by atoms with Gasteiger partial charge in [0.2, 0.25) is 0 Å². The number of rotatable bonds is 3. The average Bonchev–Trinajstić information content (AvgIpc) is 2.25. The molecule has 0 saturated heterocycles. The zero-order valence-electron chi connectivity index (χ0n) is 13.2. The first-order valence-electron chi connectivity index (χ1n) is 6.78. The molecule has 0 unspecified atom stereocenters. The van der Waals surface area contributed by atoms with Crippen molar-refractivity contribution in [3.63, 3.8) is 0 Å². The molecule has 1 rings (SSSR count). The maximum atomic E-state index is 11.0. The minimum Gasteiger partial charge on any atom is -0.425 e. The normalized spacial score (nSPS) is 11.8. The van der Waals surface area contributed by atoms with Crippen molar-refractivity contribution >= 4 is 5.97 Å². The summed E-state index contributed by atoms with van der Waals surface area (Å²) in [4.78, 5) is 11.0. The third kappa shape index (κ3) is 4.38. The maximum Gasteiger partial charge on any atom is 0.308 e. The van der Waals surface area contributed by atoms with E-state index < -0.39 is 5.97 Å². The second-order valence-corrected chi connectivity index (χ2v) is 7.04. The Hall–Kier alpha value is -1.82. The Kier molecular flexibility index (Phi) is 4.60. The van der Waals surface area contributed by atoms with E-state index in [0.717, 1.165) is 12.0 Å². The molecular formula is C17H23NO2. The first-order chi connectivity index (χ1) is 9.05. The Bertz CT molecular complexity index is 545. The molecule has 0 radical (unpaired) electrons. The standard InChI is InChI=1S/C17H23NO2/c1-12(19)20-15-8-7-14(9-13(15)10-18)17(5,6)11-16(2,3)4/h7-9H,11H2,1-6H3. The topological polar surface area (TPSA) is 50.1 Å². The maximum absolute atomic E-state index is 11.0. The molecule has 3 heteroatoms. The second-order valence-electron chi connectivity index (χ2n) is 7.04. The predicted molar refractivity (Wildman–Crippen MR) is 79.6 cm³/mol. The van der Waals surface area contributed by atoms with E-state index in [1.165, 1.54) is 6.92 Å². The van der Waals surface area contributed by atoms with Crippen LogP contribution in [0, 0.1) is 16.7 Å². The summed E-state index contributed by atoms with van der Waals surface area (Å²) >= 11 is 0. The summed E-state index contributed by atoms with van der Waals surface area (Å²) in [5, 5.41) is 9.21. The number of nitriles is 1. The number of benzene rings is 1. The minimum atomic E-state index is -0.414. The molecule has 0 N–H and O–H groups in total. The van der Waals surface area contributed by atoms with Gasteiger partial charge in [-0.05, 0) is 34.9 Å². The molecule has 0 fully saturated rings. The number of carbonyl (C=O) groups is 1. The van der Waals surface area contributed by atoms with E-state index in [1.54, 1.807) is 6.07 Å². The number of carbonyl (C=O) groups excluding carboxylic acids is 1. The van der Waals surface area contributed by atoms with E-state index >= 15 is 0 Å². The van der Waals surface area contributed by atoms with E-state index in [9.17, 15) is 10.1 Å². The van der Waals surface area contributed by atoms with Crippen molar-refractivity contribution in [3.05, 3.63) is 29.3 Å². The van der Waals surface area contributed by atoms with Crippen LogP contribution in [0.1, 0.15) is 59.1 Å². The molecule has 0 saturated carbocycles. The summed E-state index contributed by atoms with van der Waals surface area (Å²) in [6, 6.07) is 7.57. The molecule has 0 aromatic heterocycles. The van der Waals surface area contributed by atoms with Crippen molar-refractivity contribution in [3.8, 4) is 11.8 Å². The first-order valence-corrected chi connectivity index (χ1v) is 6.78.